The molecule has 18 heavy (non-hydrogen) atoms. The number of rotatable bonds is 5. The van der Waals surface area contributed by atoms with E-state index in [1.165, 1.54) is 0 Å². The van der Waals surface area contributed by atoms with Crippen LogP contribution >= 0.6 is 11.8 Å². The Morgan fingerprint density at radius 2 is 2.17 bits per heavy atom. The fourth-order valence-electron chi connectivity index (χ4n) is 1.85. The van der Waals surface area contributed by atoms with Crippen molar-refractivity contribution in [2.24, 2.45) is 0 Å². The van der Waals surface area contributed by atoms with Crippen LogP contribution in [0.4, 0.5) is 0 Å². The van der Waals surface area contributed by atoms with Crippen molar-refractivity contribution in [2.45, 2.75) is 26.3 Å². The Balaban J connectivity index is 2.88. The zero-order chi connectivity index (χ0) is 13.7. The van der Waals surface area contributed by atoms with Crippen LogP contribution in [-0.4, -0.2) is 41.0 Å². The predicted octanol–water partition coefficient (Wildman–Crippen LogP) is 2.91. The second-order valence-corrected chi connectivity index (χ2v) is 5.35. The Hall–Kier alpha value is -1.16. The Morgan fingerprint density at radius 3 is 2.67 bits per heavy atom. The van der Waals surface area contributed by atoms with E-state index in [0.29, 0.717) is 5.56 Å². The van der Waals surface area contributed by atoms with Gasteiger partial charge in [-0.1, -0.05) is 6.92 Å². The number of phenolic OH excluding ortho intramolecular Hbond substituents is 1. The number of carbonyl (C=O) groups is 1. The number of aryl methyl sites for hydroxylation is 1. The molecular weight excluding hydrogens is 246 g/mol. The van der Waals surface area contributed by atoms with Crippen LogP contribution in [0.25, 0.3) is 0 Å². The number of phenols is 1. The van der Waals surface area contributed by atoms with E-state index in [1.54, 1.807) is 41.8 Å². The Kier molecular flexibility index (Phi) is 5.54. The van der Waals surface area contributed by atoms with Gasteiger partial charge in [0.15, 0.2) is 0 Å². The highest BCUT2D eigenvalue weighted by molar-refractivity contribution is 7.98. The molecule has 1 amide bonds. The lowest BCUT2D eigenvalue weighted by molar-refractivity contribution is 0.0743. The van der Waals surface area contributed by atoms with Crippen molar-refractivity contribution in [2.75, 3.05) is 19.1 Å². The van der Waals surface area contributed by atoms with Crippen molar-refractivity contribution in [1.29, 1.82) is 0 Å². The standard InChI is InChI=1S/C14H21NO2S/c1-5-12(9-18-4)15(3)14(17)11-6-7-13(16)10(2)8-11/h6-8,12,16H,5,9H2,1-4H3. The second kappa shape index (κ2) is 6.69. The molecule has 0 aliphatic heterocycles. The van der Waals surface area contributed by atoms with Gasteiger partial charge in [-0.05, 0) is 43.4 Å². The van der Waals surface area contributed by atoms with Crippen LogP contribution in [0, 0.1) is 6.92 Å². The fourth-order valence-corrected chi connectivity index (χ4v) is 2.70. The van der Waals surface area contributed by atoms with Crippen LogP contribution in [0.1, 0.15) is 29.3 Å². The Labute approximate surface area is 113 Å². The summed E-state index contributed by atoms with van der Waals surface area (Å²) in [6.45, 7) is 3.89. The van der Waals surface area contributed by atoms with Crippen LogP contribution in [0.15, 0.2) is 18.2 Å². The van der Waals surface area contributed by atoms with E-state index in [9.17, 15) is 9.90 Å². The summed E-state index contributed by atoms with van der Waals surface area (Å²) in [5.41, 5.74) is 1.36. The van der Waals surface area contributed by atoms with Gasteiger partial charge >= 0.3 is 0 Å². The van der Waals surface area contributed by atoms with E-state index in [1.807, 2.05) is 13.3 Å². The highest BCUT2D eigenvalue weighted by Gasteiger charge is 2.19. The summed E-state index contributed by atoms with van der Waals surface area (Å²) in [6.07, 6.45) is 2.99. The van der Waals surface area contributed by atoms with Gasteiger partial charge in [0.25, 0.3) is 5.91 Å². The van der Waals surface area contributed by atoms with Crippen molar-refractivity contribution in [3.05, 3.63) is 29.3 Å². The molecule has 0 saturated heterocycles. The number of hydrogen-bond donors (Lipinski definition) is 1. The first-order chi connectivity index (χ1) is 8.51. The smallest absolute Gasteiger partial charge is 0.253 e. The molecule has 0 bridgehead atoms. The molecule has 0 radical (unpaired) electrons. The van der Waals surface area contributed by atoms with Crippen LogP contribution in [0.2, 0.25) is 0 Å². The van der Waals surface area contributed by atoms with Crippen molar-refractivity contribution in [3.63, 3.8) is 0 Å². The minimum absolute atomic E-state index is 0.0130. The van der Waals surface area contributed by atoms with E-state index >= 15 is 0 Å². The van der Waals surface area contributed by atoms with Gasteiger partial charge in [0.05, 0.1) is 0 Å². The third-order valence-corrected chi connectivity index (χ3v) is 3.86. The lowest BCUT2D eigenvalue weighted by atomic mass is 10.1. The molecule has 1 unspecified atom stereocenters. The van der Waals surface area contributed by atoms with E-state index in [-0.39, 0.29) is 17.7 Å². The summed E-state index contributed by atoms with van der Waals surface area (Å²) in [4.78, 5) is 14.1. The molecule has 0 fully saturated rings. The summed E-state index contributed by atoms with van der Waals surface area (Å²) < 4.78 is 0. The second-order valence-electron chi connectivity index (χ2n) is 4.43. The van der Waals surface area contributed by atoms with Gasteiger partial charge < -0.3 is 10.0 Å². The van der Waals surface area contributed by atoms with Gasteiger partial charge in [-0.2, -0.15) is 11.8 Å². The number of carbonyl (C=O) groups excluding carboxylic acids is 1. The molecule has 0 aliphatic carbocycles. The van der Waals surface area contributed by atoms with Gasteiger partial charge in [0.2, 0.25) is 0 Å². The van der Waals surface area contributed by atoms with E-state index in [2.05, 4.69) is 6.92 Å². The molecule has 0 saturated carbocycles. The first-order valence-electron chi connectivity index (χ1n) is 6.07. The lowest BCUT2D eigenvalue weighted by Crippen LogP contribution is -2.38. The molecule has 1 rings (SSSR count). The molecule has 1 aromatic carbocycles. The van der Waals surface area contributed by atoms with Crippen LogP contribution in [-0.2, 0) is 0 Å². The number of hydrogen-bond acceptors (Lipinski definition) is 3. The minimum atomic E-state index is 0.0130. The molecule has 0 aliphatic rings. The number of aromatic hydroxyl groups is 1. The van der Waals surface area contributed by atoms with E-state index in [0.717, 1.165) is 17.7 Å². The molecule has 0 spiro atoms. The molecule has 4 heteroatoms. The summed E-state index contributed by atoms with van der Waals surface area (Å²) >= 11 is 1.75. The largest absolute Gasteiger partial charge is 0.508 e. The minimum Gasteiger partial charge on any atom is -0.508 e. The molecule has 0 heterocycles. The number of benzene rings is 1. The highest BCUT2D eigenvalue weighted by atomic mass is 32.2. The van der Waals surface area contributed by atoms with Gasteiger partial charge in [-0.25, -0.2) is 0 Å². The summed E-state index contributed by atoms with van der Waals surface area (Å²) in [5.74, 6) is 1.18. The quantitative estimate of drug-likeness (QED) is 0.891. The van der Waals surface area contributed by atoms with Gasteiger partial charge in [0.1, 0.15) is 5.75 Å². The molecule has 3 nitrogen and oxygen atoms in total. The average molecular weight is 267 g/mol. The first-order valence-corrected chi connectivity index (χ1v) is 7.46. The van der Waals surface area contributed by atoms with Crippen molar-refractivity contribution < 1.29 is 9.90 Å². The van der Waals surface area contributed by atoms with E-state index in [4.69, 9.17) is 0 Å². The van der Waals surface area contributed by atoms with Crippen LogP contribution in [0.3, 0.4) is 0 Å². The SMILES string of the molecule is CCC(CSC)N(C)C(=O)c1ccc(O)c(C)c1. The monoisotopic (exact) mass is 267 g/mol. The Bertz CT molecular complexity index is 420. The van der Waals surface area contributed by atoms with Crippen molar-refractivity contribution in [1.82, 2.24) is 4.90 Å². The molecule has 0 aromatic heterocycles. The van der Waals surface area contributed by atoms with Gasteiger partial charge in [0, 0.05) is 24.4 Å². The van der Waals surface area contributed by atoms with Crippen molar-refractivity contribution >= 4 is 17.7 Å². The van der Waals surface area contributed by atoms with Crippen molar-refractivity contribution in [3.8, 4) is 5.75 Å². The number of thioether (sulfide) groups is 1. The number of amides is 1. The highest BCUT2D eigenvalue weighted by Crippen LogP contribution is 2.19. The third-order valence-electron chi connectivity index (χ3n) is 3.14. The summed E-state index contributed by atoms with van der Waals surface area (Å²) in [5, 5.41) is 9.48. The maximum absolute atomic E-state index is 12.3. The molecule has 1 atom stereocenters. The molecule has 100 valence electrons. The Morgan fingerprint density at radius 1 is 1.50 bits per heavy atom. The van der Waals surface area contributed by atoms with Crippen LogP contribution < -0.4 is 0 Å². The normalized spacial score (nSPS) is 12.2. The lowest BCUT2D eigenvalue weighted by Gasteiger charge is -2.27. The topological polar surface area (TPSA) is 40.5 Å². The molecular formula is C14H21NO2S. The summed E-state index contributed by atoms with van der Waals surface area (Å²) in [7, 11) is 1.84. The predicted molar refractivity (Wildman–Crippen MR) is 77.4 cm³/mol. The van der Waals surface area contributed by atoms with Gasteiger partial charge in [-0.15, -0.1) is 0 Å². The zero-order valence-corrected chi connectivity index (χ0v) is 12.3. The van der Waals surface area contributed by atoms with Gasteiger partial charge in [-0.3, -0.25) is 4.79 Å². The number of nitrogens with zero attached hydrogens (tertiary/aromatic N) is 1. The van der Waals surface area contributed by atoms with E-state index < -0.39 is 0 Å². The maximum atomic E-state index is 12.3. The molecule has 1 aromatic rings. The maximum Gasteiger partial charge on any atom is 0.253 e. The average Bonchev–Trinajstić information content (AvgIpc) is 2.37. The fraction of sp³-hybridized carbons (Fsp3) is 0.500. The van der Waals surface area contributed by atoms with Crippen LogP contribution in [0.5, 0.6) is 5.75 Å². The first kappa shape index (κ1) is 14.9. The summed E-state index contributed by atoms with van der Waals surface area (Å²) in [6, 6.07) is 5.24. The molecule has 1 N–H and O–H groups in total. The third kappa shape index (κ3) is 3.42. The zero-order valence-electron chi connectivity index (χ0n) is 11.4.